The molecule has 1 atom stereocenters. The molecule has 0 saturated carbocycles. The van der Waals surface area contributed by atoms with Gasteiger partial charge in [-0.25, -0.2) is 4.99 Å². The van der Waals surface area contributed by atoms with E-state index in [4.69, 9.17) is 0 Å². The minimum atomic E-state index is -0.239. The van der Waals surface area contributed by atoms with Crippen molar-refractivity contribution in [1.29, 1.82) is 0 Å². The number of rotatable bonds is 0. The molecule has 0 fully saturated rings. The number of carbonyl (C=O) groups is 1. The molecule has 1 aromatic rings. The van der Waals surface area contributed by atoms with Gasteiger partial charge in [0.25, 0.3) is 5.91 Å². The van der Waals surface area contributed by atoms with Crippen LogP contribution >= 0.6 is 0 Å². The number of nitrogens with zero attached hydrogens (tertiary/aromatic N) is 2. The first-order valence-corrected chi connectivity index (χ1v) is 8.50. The number of benzene rings is 1. The summed E-state index contributed by atoms with van der Waals surface area (Å²) in [4.78, 5) is 19.0. The Labute approximate surface area is 147 Å². The largest absolute Gasteiger partial charge is 0.384 e. The molecular formula is C19H21N5O. The average molecular weight is 335 g/mol. The molecular weight excluding hydrogens is 314 g/mol. The van der Waals surface area contributed by atoms with Gasteiger partial charge in [0.05, 0.1) is 0 Å². The Balaban J connectivity index is 1.73. The zero-order valence-corrected chi connectivity index (χ0v) is 14.0. The highest BCUT2D eigenvalue weighted by atomic mass is 16.1. The van der Waals surface area contributed by atoms with E-state index >= 15 is 0 Å². The number of carbonyl (C=O) groups excluding carboxylic acids is 1. The summed E-state index contributed by atoms with van der Waals surface area (Å²) < 4.78 is 0. The van der Waals surface area contributed by atoms with E-state index in [9.17, 15) is 4.79 Å². The molecule has 0 spiro atoms. The SMILES string of the molecule is C=C1C=C2c3cccc(c3)NCCNCCNC(=O)C3=NC2N1C=C3. The first-order chi connectivity index (χ1) is 12.2. The molecule has 1 unspecified atom stereocenters. The van der Waals surface area contributed by atoms with Crippen molar-refractivity contribution in [3.05, 3.63) is 60.5 Å². The van der Waals surface area contributed by atoms with Crippen molar-refractivity contribution < 1.29 is 4.79 Å². The number of anilines is 1. The molecule has 6 heteroatoms. The number of allylic oxidation sites excluding steroid dienone is 1. The molecule has 1 amide bonds. The summed E-state index contributed by atoms with van der Waals surface area (Å²) in [6.07, 6.45) is 5.43. The summed E-state index contributed by atoms with van der Waals surface area (Å²) in [5, 5.41) is 9.64. The summed E-state index contributed by atoms with van der Waals surface area (Å²) in [5.41, 5.74) is 4.54. The minimum Gasteiger partial charge on any atom is -0.384 e. The topological polar surface area (TPSA) is 68.8 Å². The average Bonchev–Trinajstić information content (AvgIpc) is 2.96. The van der Waals surface area contributed by atoms with Gasteiger partial charge in [0, 0.05) is 49.3 Å². The summed E-state index contributed by atoms with van der Waals surface area (Å²) in [6.45, 7) is 7.05. The van der Waals surface area contributed by atoms with Crippen LogP contribution in [0.5, 0.6) is 0 Å². The highest BCUT2D eigenvalue weighted by molar-refractivity contribution is 6.43. The quantitative estimate of drug-likeness (QED) is 0.669. The van der Waals surface area contributed by atoms with Crippen LogP contribution in [-0.2, 0) is 4.79 Å². The fraction of sp³-hybridized carbons (Fsp3) is 0.263. The van der Waals surface area contributed by atoms with Crippen LogP contribution in [0.3, 0.4) is 0 Å². The fourth-order valence-corrected chi connectivity index (χ4v) is 3.22. The van der Waals surface area contributed by atoms with Crippen LogP contribution in [0.1, 0.15) is 5.56 Å². The number of aliphatic imine (C=N–C) groups is 1. The predicted molar refractivity (Wildman–Crippen MR) is 100 cm³/mol. The van der Waals surface area contributed by atoms with Gasteiger partial charge in [0.15, 0.2) is 6.17 Å². The van der Waals surface area contributed by atoms with E-state index in [-0.39, 0.29) is 12.1 Å². The first kappa shape index (κ1) is 15.7. The molecule has 3 aliphatic heterocycles. The molecule has 4 rings (SSSR count). The van der Waals surface area contributed by atoms with Gasteiger partial charge in [-0.2, -0.15) is 0 Å². The molecule has 1 aromatic carbocycles. The fourth-order valence-electron chi connectivity index (χ4n) is 3.22. The first-order valence-electron chi connectivity index (χ1n) is 8.50. The molecule has 0 saturated heterocycles. The van der Waals surface area contributed by atoms with E-state index in [1.54, 1.807) is 6.08 Å². The summed E-state index contributed by atoms with van der Waals surface area (Å²) in [5.74, 6) is -0.142. The Hall–Kier alpha value is -2.86. The third-order valence-corrected chi connectivity index (χ3v) is 4.50. The van der Waals surface area contributed by atoms with E-state index in [0.717, 1.165) is 42.2 Å². The number of nitrogens with one attached hydrogen (secondary N) is 3. The van der Waals surface area contributed by atoms with Gasteiger partial charge in [-0.3, -0.25) is 4.79 Å². The maximum atomic E-state index is 12.4. The number of amides is 1. The molecule has 0 aromatic heterocycles. The van der Waals surface area contributed by atoms with E-state index in [0.29, 0.717) is 12.3 Å². The zero-order chi connectivity index (χ0) is 17.2. The highest BCUT2D eigenvalue weighted by Crippen LogP contribution is 2.36. The lowest BCUT2D eigenvalue weighted by Gasteiger charge is -2.27. The van der Waals surface area contributed by atoms with Crippen LogP contribution in [0.4, 0.5) is 5.69 Å². The van der Waals surface area contributed by atoms with Crippen LogP contribution < -0.4 is 16.0 Å². The Kier molecular flexibility index (Phi) is 4.11. The molecule has 6 nitrogen and oxygen atoms in total. The molecule has 3 aliphatic rings. The lowest BCUT2D eigenvalue weighted by molar-refractivity contribution is -0.114. The second kappa shape index (κ2) is 6.57. The Morgan fingerprint density at radius 2 is 2.00 bits per heavy atom. The van der Waals surface area contributed by atoms with Crippen molar-refractivity contribution in [1.82, 2.24) is 15.5 Å². The van der Waals surface area contributed by atoms with Gasteiger partial charge >= 0.3 is 0 Å². The van der Waals surface area contributed by atoms with Crippen molar-refractivity contribution in [2.24, 2.45) is 4.99 Å². The molecule has 3 heterocycles. The Morgan fingerprint density at radius 3 is 2.88 bits per heavy atom. The molecule has 25 heavy (non-hydrogen) atoms. The van der Waals surface area contributed by atoms with Crippen molar-refractivity contribution >= 4 is 22.9 Å². The van der Waals surface area contributed by atoms with Gasteiger partial charge in [-0.05, 0) is 29.8 Å². The lowest BCUT2D eigenvalue weighted by Crippen LogP contribution is -2.39. The number of fused-ring (bicyclic) bond motifs is 3. The van der Waals surface area contributed by atoms with Crippen molar-refractivity contribution in [2.45, 2.75) is 6.17 Å². The summed E-state index contributed by atoms with van der Waals surface area (Å²) in [7, 11) is 0. The Morgan fingerprint density at radius 1 is 1.16 bits per heavy atom. The monoisotopic (exact) mass is 335 g/mol. The third kappa shape index (κ3) is 3.08. The van der Waals surface area contributed by atoms with Gasteiger partial charge in [-0.1, -0.05) is 18.7 Å². The predicted octanol–water partition coefficient (Wildman–Crippen LogP) is 1.32. The minimum absolute atomic E-state index is 0.142. The maximum Gasteiger partial charge on any atom is 0.269 e. The molecule has 3 N–H and O–H groups in total. The van der Waals surface area contributed by atoms with E-state index in [1.165, 1.54) is 0 Å². The summed E-state index contributed by atoms with van der Waals surface area (Å²) in [6, 6.07) is 8.28. The van der Waals surface area contributed by atoms with Crippen molar-refractivity contribution in [2.75, 3.05) is 31.5 Å². The third-order valence-electron chi connectivity index (χ3n) is 4.50. The van der Waals surface area contributed by atoms with Crippen LogP contribution in [0.15, 0.2) is 59.9 Å². The molecule has 4 bridgehead atoms. The molecule has 128 valence electrons. The number of hydrogen-bond donors (Lipinski definition) is 3. The molecule has 0 aliphatic carbocycles. The standard InChI is InChI=1S/C19H21N5O/c1-13-11-16-14-3-2-4-15(12-14)21-8-6-20-7-9-22-19(25)17-5-10-24(13)18(16)23-17/h2-5,10-12,18,20-21H,1,6-9H2,(H,22,25). The van der Waals surface area contributed by atoms with Gasteiger partial charge in [0.2, 0.25) is 0 Å². The van der Waals surface area contributed by atoms with Crippen LogP contribution in [0.2, 0.25) is 0 Å². The zero-order valence-electron chi connectivity index (χ0n) is 14.0. The second-order valence-corrected chi connectivity index (χ2v) is 6.22. The van der Waals surface area contributed by atoms with E-state index in [2.05, 4.69) is 45.7 Å². The lowest BCUT2D eigenvalue weighted by atomic mass is 10.0. The van der Waals surface area contributed by atoms with E-state index < -0.39 is 0 Å². The van der Waals surface area contributed by atoms with E-state index in [1.807, 2.05) is 23.2 Å². The van der Waals surface area contributed by atoms with Crippen molar-refractivity contribution in [3.63, 3.8) is 0 Å². The normalized spacial score (nSPS) is 23.0. The van der Waals surface area contributed by atoms with Crippen molar-refractivity contribution in [3.8, 4) is 0 Å². The Bertz CT molecular complexity index is 808. The number of hydrogen-bond acceptors (Lipinski definition) is 5. The smallest absolute Gasteiger partial charge is 0.269 e. The van der Waals surface area contributed by atoms with Gasteiger partial charge in [-0.15, -0.1) is 0 Å². The van der Waals surface area contributed by atoms with Crippen LogP contribution in [0.25, 0.3) is 5.57 Å². The molecule has 0 radical (unpaired) electrons. The van der Waals surface area contributed by atoms with Crippen LogP contribution in [-0.4, -0.2) is 48.9 Å². The highest BCUT2D eigenvalue weighted by Gasteiger charge is 2.32. The summed E-state index contributed by atoms with van der Waals surface area (Å²) >= 11 is 0. The maximum absolute atomic E-state index is 12.4. The van der Waals surface area contributed by atoms with Crippen LogP contribution in [0, 0.1) is 0 Å². The van der Waals surface area contributed by atoms with Gasteiger partial charge in [0.1, 0.15) is 5.71 Å². The van der Waals surface area contributed by atoms with Gasteiger partial charge < -0.3 is 20.9 Å². The second-order valence-electron chi connectivity index (χ2n) is 6.22.